The van der Waals surface area contributed by atoms with Crippen molar-refractivity contribution < 1.29 is 19.5 Å². The number of anilines is 1. The molecule has 3 amide bonds. The van der Waals surface area contributed by atoms with Gasteiger partial charge in [0.1, 0.15) is 0 Å². The van der Waals surface area contributed by atoms with Crippen LogP contribution >= 0.6 is 0 Å². The predicted molar refractivity (Wildman–Crippen MR) is 133 cm³/mol. The number of hydrogen-bond acceptors (Lipinski definition) is 4. The van der Waals surface area contributed by atoms with Crippen molar-refractivity contribution >= 4 is 23.6 Å². The van der Waals surface area contributed by atoms with Gasteiger partial charge in [-0.1, -0.05) is 30.3 Å². The zero-order valence-corrected chi connectivity index (χ0v) is 20.2. The first-order valence-corrected chi connectivity index (χ1v) is 11.6. The second-order valence-electron chi connectivity index (χ2n) is 9.06. The Bertz CT molecular complexity index is 1050. The maximum absolute atomic E-state index is 12.4. The van der Waals surface area contributed by atoms with Gasteiger partial charge in [-0.25, -0.2) is 4.79 Å². The van der Waals surface area contributed by atoms with Crippen LogP contribution in [-0.4, -0.2) is 53.1 Å². The minimum absolute atomic E-state index is 0.0661. The molecule has 2 atom stereocenters. The lowest BCUT2D eigenvalue weighted by Crippen LogP contribution is -2.48. The molecule has 4 N–H and O–H groups in total. The highest BCUT2D eigenvalue weighted by Crippen LogP contribution is 2.43. The molecule has 0 unspecified atom stereocenters. The Morgan fingerprint density at radius 2 is 1.79 bits per heavy atom. The number of carbonyl (C=O) groups is 3. The number of nitrogens with two attached hydrogens (primary N) is 1. The zero-order chi connectivity index (χ0) is 25.0. The molecule has 0 aliphatic carbocycles. The first-order valence-electron chi connectivity index (χ1n) is 11.6. The molecule has 0 spiro atoms. The second kappa shape index (κ2) is 10.7. The van der Waals surface area contributed by atoms with Gasteiger partial charge in [-0.05, 0) is 61.6 Å². The zero-order valence-electron chi connectivity index (χ0n) is 20.2. The summed E-state index contributed by atoms with van der Waals surface area (Å²) in [6, 6.07) is 12.9. The molecule has 1 aliphatic rings. The van der Waals surface area contributed by atoms with Crippen LogP contribution in [0.4, 0.5) is 10.5 Å². The van der Waals surface area contributed by atoms with Gasteiger partial charge in [-0.3, -0.25) is 14.5 Å². The Kier molecular flexibility index (Phi) is 7.94. The highest BCUT2D eigenvalue weighted by atomic mass is 16.4. The third-order valence-corrected chi connectivity index (χ3v) is 6.22. The molecule has 1 heterocycles. The Morgan fingerprint density at radius 3 is 2.35 bits per heavy atom. The van der Waals surface area contributed by atoms with Crippen LogP contribution in [0.15, 0.2) is 42.5 Å². The number of nitrogens with zero attached hydrogens (tertiary/aromatic N) is 2. The lowest BCUT2D eigenvalue weighted by molar-refractivity contribution is -0.120. The summed E-state index contributed by atoms with van der Waals surface area (Å²) in [5.74, 6) is -0.139. The molecule has 2 aromatic rings. The quantitative estimate of drug-likeness (QED) is 0.577. The molecule has 34 heavy (non-hydrogen) atoms. The normalized spacial score (nSPS) is 17.3. The summed E-state index contributed by atoms with van der Waals surface area (Å²) in [5.41, 5.74) is 9.77. The number of hydrogen-bond donors (Lipinski definition) is 3. The molecule has 0 aromatic heterocycles. The van der Waals surface area contributed by atoms with Gasteiger partial charge in [0.25, 0.3) is 0 Å². The van der Waals surface area contributed by atoms with Gasteiger partial charge in [-0.15, -0.1) is 0 Å². The summed E-state index contributed by atoms with van der Waals surface area (Å²) < 4.78 is 0. The summed E-state index contributed by atoms with van der Waals surface area (Å²) in [5, 5.41) is 12.7. The van der Waals surface area contributed by atoms with E-state index in [4.69, 9.17) is 5.73 Å². The van der Waals surface area contributed by atoms with Gasteiger partial charge in [0, 0.05) is 37.8 Å². The molecule has 182 valence electrons. The fraction of sp³-hybridized carbons (Fsp3) is 0.423. The van der Waals surface area contributed by atoms with E-state index in [1.54, 1.807) is 4.90 Å². The smallest absolute Gasteiger partial charge is 0.408 e. The van der Waals surface area contributed by atoms with E-state index < -0.39 is 6.09 Å². The molecule has 3 rings (SSSR count). The van der Waals surface area contributed by atoms with E-state index in [1.807, 2.05) is 63.2 Å². The second-order valence-corrected chi connectivity index (χ2v) is 9.06. The summed E-state index contributed by atoms with van der Waals surface area (Å²) in [7, 11) is 0. The van der Waals surface area contributed by atoms with E-state index in [1.165, 1.54) is 11.8 Å². The summed E-state index contributed by atoms with van der Waals surface area (Å²) >= 11 is 0. The van der Waals surface area contributed by atoms with Crippen LogP contribution in [0.3, 0.4) is 0 Å². The monoisotopic (exact) mass is 466 g/mol. The molecule has 8 heteroatoms. The van der Waals surface area contributed by atoms with Crippen molar-refractivity contribution in [2.75, 3.05) is 18.0 Å². The first kappa shape index (κ1) is 25.2. The molecular formula is C26H34N4O4. The van der Waals surface area contributed by atoms with Gasteiger partial charge >= 0.3 is 6.09 Å². The minimum atomic E-state index is -0.975. The maximum atomic E-state index is 12.4. The lowest BCUT2D eigenvalue weighted by atomic mass is 9.87. The molecule has 0 radical (unpaired) electrons. The molecule has 2 aromatic carbocycles. The van der Waals surface area contributed by atoms with Crippen LogP contribution in [-0.2, 0) is 16.0 Å². The molecule has 8 nitrogen and oxygen atoms in total. The number of benzene rings is 2. The van der Waals surface area contributed by atoms with Crippen molar-refractivity contribution in [2.24, 2.45) is 5.73 Å². The average Bonchev–Trinajstić information content (AvgIpc) is 2.77. The minimum Gasteiger partial charge on any atom is -0.465 e. The Labute approximate surface area is 200 Å². The van der Waals surface area contributed by atoms with Gasteiger partial charge < -0.3 is 21.1 Å². The average molecular weight is 467 g/mol. The van der Waals surface area contributed by atoms with Crippen LogP contribution in [0.2, 0.25) is 0 Å². The van der Waals surface area contributed by atoms with E-state index in [0.29, 0.717) is 19.5 Å². The number of amides is 3. The van der Waals surface area contributed by atoms with Crippen molar-refractivity contribution in [3.63, 3.8) is 0 Å². The Balaban J connectivity index is 1.98. The van der Waals surface area contributed by atoms with E-state index in [-0.39, 0.29) is 36.4 Å². The van der Waals surface area contributed by atoms with E-state index in [2.05, 4.69) is 5.32 Å². The molecule has 0 saturated heterocycles. The van der Waals surface area contributed by atoms with Crippen LogP contribution in [0.5, 0.6) is 0 Å². The van der Waals surface area contributed by atoms with Gasteiger partial charge in [-0.2, -0.15) is 0 Å². The van der Waals surface area contributed by atoms with Gasteiger partial charge in [0.2, 0.25) is 11.8 Å². The molecule has 0 saturated carbocycles. The Morgan fingerprint density at radius 1 is 1.15 bits per heavy atom. The summed E-state index contributed by atoms with van der Waals surface area (Å²) in [6.07, 6.45) is -0.172. The third kappa shape index (κ3) is 5.39. The third-order valence-electron chi connectivity index (χ3n) is 6.22. The highest BCUT2D eigenvalue weighted by Gasteiger charge is 2.38. The van der Waals surface area contributed by atoms with Crippen molar-refractivity contribution in [1.82, 2.24) is 10.2 Å². The molecule has 0 fully saturated rings. The van der Waals surface area contributed by atoms with E-state index >= 15 is 0 Å². The molecule has 1 aliphatic heterocycles. The summed E-state index contributed by atoms with van der Waals surface area (Å²) in [6.45, 7) is 8.07. The van der Waals surface area contributed by atoms with Crippen LogP contribution in [0.25, 0.3) is 11.1 Å². The number of nitrogens with one attached hydrogen (secondary N) is 1. The fourth-order valence-electron chi connectivity index (χ4n) is 4.75. The summed E-state index contributed by atoms with van der Waals surface area (Å²) in [4.78, 5) is 39.7. The number of rotatable bonds is 7. The van der Waals surface area contributed by atoms with Crippen molar-refractivity contribution in [3.05, 3.63) is 53.6 Å². The number of carbonyl (C=O) groups excluding carboxylic acids is 2. The van der Waals surface area contributed by atoms with E-state index in [9.17, 15) is 19.5 Å². The van der Waals surface area contributed by atoms with Crippen LogP contribution < -0.4 is 16.0 Å². The Hall–Kier alpha value is -3.39. The molecule has 0 bridgehead atoms. The van der Waals surface area contributed by atoms with Crippen molar-refractivity contribution in [2.45, 2.75) is 58.7 Å². The SMILES string of the molecule is CC(=O)N1c2ccc(-c3ccc(CC(=O)NCCN)cc3)cc2[C@H](N(C(=O)O)C(C)C)C[C@@H]1C. The van der Waals surface area contributed by atoms with Crippen LogP contribution in [0.1, 0.15) is 51.3 Å². The highest BCUT2D eigenvalue weighted by molar-refractivity contribution is 5.94. The molecular weight excluding hydrogens is 432 g/mol. The van der Waals surface area contributed by atoms with Gasteiger partial charge in [0.05, 0.1) is 12.5 Å². The predicted octanol–water partition coefficient (Wildman–Crippen LogP) is 3.55. The standard InChI is InChI=1S/C26H34N4O4/c1-16(2)29(26(33)34)24-13-17(3)30(18(4)31)23-10-9-21(15-22(23)24)20-7-5-19(6-8-20)14-25(32)28-12-11-27/h5-10,15-17,24H,11-14,27H2,1-4H3,(H,28,32)(H,33,34)/t17-,24+/m0/s1. The fourth-order valence-corrected chi connectivity index (χ4v) is 4.75. The largest absolute Gasteiger partial charge is 0.465 e. The van der Waals surface area contributed by atoms with Crippen molar-refractivity contribution in [1.29, 1.82) is 0 Å². The van der Waals surface area contributed by atoms with Gasteiger partial charge in [0.15, 0.2) is 0 Å². The number of fused-ring (bicyclic) bond motifs is 1. The van der Waals surface area contributed by atoms with Crippen molar-refractivity contribution in [3.8, 4) is 11.1 Å². The van der Waals surface area contributed by atoms with Crippen LogP contribution in [0, 0.1) is 0 Å². The lowest BCUT2D eigenvalue weighted by Gasteiger charge is -2.43. The maximum Gasteiger partial charge on any atom is 0.408 e. The topological polar surface area (TPSA) is 116 Å². The van der Waals surface area contributed by atoms with E-state index in [0.717, 1.165) is 27.9 Å². The number of carboxylic acid groups (broad SMARTS) is 1. The first-order chi connectivity index (χ1) is 16.1.